The van der Waals surface area contributed by atoms with Crippen LogP contribution >= 0.6 is 0 Å². The molecule has 0 amide bonds. The maximum Gasteiger partial charge on any atom is 0.222 e. The van der Waals surface area contributed by atoms with E-state index in [2.05, 4.69) is 11.1 Å². The van der Waals surface area contributed by atoms with Crippen molar-refractivity contribution < 1.29 is 19.7 Å². The molecule has 2 N–H and O–H groups in total. The van der Waals surface area contributed by atoms with Gasteiger partial charge in [0, 0.05) is 16.3 Å². The largest absolute Gasteiger partial charge is 0.497 e. The molecule has 1 atom stereocenters. The summed E-state index contributed by atoms with van der Waals surface area (Å²) in [5.74, 6) is 0.873. The van der Waals surface area contributed by atoms with Gasteiger partial charge >= 0.3 is 0 Å². The van der Waals surface area contributed by atoms with E-state index in [-0.39, 0.29) is 18.2 Å². The van der Waals surface area contributed by atoms with Gasteiger partial charge < -0.3 is 19.7 Å². The highest BCUT2D eigenvalue weighted by molar-refractivity contribution is 6.01. The van der Waals surface area contributed by atoms with E-state index in [9.17, 15) is 10.4 Å². The second kappa shape index (κ2) is 7.83. The van der Waals surface area contributed by atoms with E-state index >= 15 is 0 Å². The molecule has 2 aromatic carbocycles. The summed E-state index contributed by atoms with van der Waals surface area (Å²) in [6.45, 7) is -0.543. The van der Waals surface area contributed by atoms with Crippen LogP contribution in [0.4, 0.5) is 0 Å². The van der Waals surface area contributed by atoms with Crippen LogP contribution in [-0.2, 0) is 0 Å². The molecule has 6 heteroatoms. The molecule has 0 spiro atoms. The van der Waals surface area contributed by atoms with E-state index in [1.165, 1.54) is 0 Å². The third-order valence-corrected chi connectivity index (χ3v) is 3.97. The molecule has 1 heterocycles. The number of pyridine rings is 1. The number of hydrogen-bond donors (Lipinski definition) is 2. The van der Waals surface area contributed by atoms with Gasteiger partial charge in [-0.2, -0.15) is 5.26 Å². The van der Waals surface area contributed by atoms with E-state index in [0.29, 0.717) is 16.7 Å². The minimum atomic E-state index is -1.02. The number of ether oxygens (including phenoxy) is 2. The number of benzene rings is 2. The van der Waals surface area contributed by atoms with E-state index < -0.39 is 12.7 Å². The summed E-state index contributed by atoms with van der Waals surface area (Å²) in [6, 6.07) is 17.0. The van der Waals surface area contributed by atoms with Crippen molar-refractivity contribution in [2.45, 2.75) is 6.10 Å². The second-order valence-corrected chi connectivity index (χ2v) is 5.68. The van der Waals surface area contributed by atoms with Gasteiger partial charge in [0.2, 0.25) is 5.88 Å². The predicted octanol–water partition coefficient (Wildman–Crippen LogP) is 2.51. The Morgan fingerprint density at radius 3 is 2.58 bits per heavy atom. The first-order valence-corrected chi connectivity index (χ1v) is 8.07. The highest BCUT2D eigenvalue weighted by Crippen LogP contribution is 2.37. The highest BCUT2D eigenvalue weighted by Gasteiger charge is 2.18. The quantitative estimate of drug-likeness (QED) is 0.709. The van der Waals surface area contributed by atoms with Gasteiger partial charge in [0.15, 0.2) is 5.69 Å². The minimum absolute atomic E-state index is 0.125. The number of methoxy groups -OCH3 is 1. The fourth-order valence-corrected chi connectivity index (χ4v) is 2.70. The maximum atomic E-state index is 9.63. The van der Waals surface area contributed by atoms with Gasteiger partial charge in [-0.15, -0.1) is 0 Å². The van der Waals surface area contributed by atoms with Crippen molar-refractivity contribution in [2.24, 2.45) is 0 Å². The zero-order valence-electron chi connectivity index (χ0n) is 14.2. The first-order valence-electron chi connectivity index (χ1n) is 8.07. The Morgan fingerprint density at radius 2 is 1.92 bits per heavy atom. The fourth-order valence-electron chi connectivity index (χ4n) is 2.70. The lowest BCUT2D eigenvalue weighted by atomic mass is 9.97. The van der Waals surface area contributed by atoms with Gasteiger partial charge in [0.1, 0.15) is 24.5 Å². The molecule has 3 rings (SSSR count). The Labute approximate surface area is 150 Å². The minimum Gasteiger partial charge on any atom is -0.497 e. The number of aliphatic hydroxyl groups excluding tert-OH is 2. The number of aromatic nitrogens is 1. The molecule has 0 bridgehead atoms. The molecule has 0 radical (unpaired) electrons. The van der Waals surface area contributed by atoms with Gasteiger partial charge in [-0.05, 0) is 23.8 Å². The Bertz CT molecular complexity index is 951. The summed E-state index contributed by atoms with van der Waals surface area (Å²) in [6.07, 6.45) is -1.02. The molecule has 0 saturated carbocycles. The second-order valence-electron chi connectivity index (χ2n) is 5.68. The van der Waals surface area contributed by atoms with Crippen molar-refractivity contribution in [3.05, 3.63) is 54.2 Å². The molecule has 0 aliphatic heterocycles. The Morgan fingerprint density at radius 1 is 1.15 bits per heavy atom. The topological polar surface area (TPSA) is 95.6 Å². The molecule has 0 aliphatic carbocycles. The van der Waals surface area contributed by atoms with Crippen LogP contribution < -0.4 is 9.47 Å². The van der Waals surface area contributed by atoms with Crippen LogP contribution in [0.1, 0.15) is 5.69 Å². The average molecular weight is 350 g/mol. The van der Waals surface area contributed by atoms with Crippen molar-refractivity contribution in [3.8, 4) is 28.8 Å². The Hall–Kier alpha value is -3.14. The zero-order valence-corrected chi connectivity index (χ0v) is 14.2. The summed E-state index contributed by atoms with van der Waals surface area (Å²) >= 11 is 0. The molecule has 0 aliphatic rings. The van der Waals surface area contributed by atoms with Crippen molar-refractivity contribution in [1.82, 2.24) is 4.98 Å². The lowest BCUT2D eigenvalue weighted by molar-refractivity contribution is 0.0526. The van der Waals surface area contributed by atoms with Crippen molar-refractivity contribution in [2.75, 3.05) is 20.3 Å². The Kier molecular flexibility index (Phi) is 5.32. The summed E-state index contributed by atoms with van der Waals surface area (Å²) in [5.41, 5.74) is 1.76. The number of aliphatic hydroxyl groups is 2. The molecule has 0 saturated heterocycles. The van der Waals surface area contributed by atoms with Gasteiger partial charge in [-0.3, -0.25) is 0 Å². The van der Waals surface area contributed by atoms with E-state index in [0.717, 1.165) is 10.9 Å². The number of rotatable bonds is 6. The maximum absolute atomic E-state index is 9.63. The molecule has 3 aromatic rings. The fraction of sp³-hybridized carbons (Fsp3) is 0.200. The molecule has 1 aromatic heterocycles. The SMILES string of the molecule is COc1ccc2c(OCC(O)CO)nc(C#N)c(-c3ccccc3)c2c1. The monoisotopic (exact) mass is 350 g/mol. The van der Waals surface area contributed by atoms with Crippen LogP contribution in [0.3, 0.4) is 0 Å². The number of hydrogen-bond acceptors (Lipinski definition) is 6. The van der Waals surface area contributed by atoms with Crippen LogP contribution in [0.2, 0.25) is 0 Å². The van der Waals surface area contributed by atoms with Crippen molar-refractivity contribution in [1.29, 1.82) is 5.26 Å². The molecular weight excluding hydrogens is 332 g/mol. The third kappa shape index (κ3) is 3.45. The van der Waals surface area contributed by atoms with Gasteiger partial charge in [-0.1, -0.05) is 30.3 Å². The van der Waals surface area contributed by atoms with Crippen LogP contribution in [0, 0.1) is 11.3 Å². The summed E-state index contributed by atoms with van der Waals surface area (Å²) < 4.78 is 10.9. The predicted molar refractivity (Wildman–Crippen MR) is 97.0 cm³/mol. The van der Waals surface area contributed by atoms with Crippen LogP contribution in [0.5, 0.6) is 11.6 Å². The summed E-state index contributed by atoms with van der Waals surface area (Å²) in [5, 5.41) is 29.6. The third-order valence-electron chi connectivity index (χ3n) is 3.97. The molecule has 6 nitrogen and oxygen atoms in total. The van der Waals surface area contributed by atoms with Gasteiger partial charge in [-0.25, -0.2) is 4.98 Å². The normalized spacial score (nSPS) is 11.8. The van der Waals surface area contributed by atoms with E-state index in [1.807, 2.05) is 36.4 Å². The number of nitrogens with zero attached hydrogens (tertiary/aromatic N) is 2. The zero-order chi connectivity index (χ0) is 18.5. The highest BCUT2D eigenvalue weighted by atomic mass is 16.5. The summed E-state index contributed by atoms with van der Waals surface area (Å²) in [4.78, 5) is 4.34. The first kappa shape index (κ1) is 17.7. The number of fused-ring (bicyclic) bond motifs is 1. The van der Waals surface area contributed by atoms with E-state index in [4.69, 9.17) is 14.6 Å². The Balaban J connectivity index is 2.24. The van der Waals surface area contributed by atoms with E-state index in [1.54, 1.807) is 19.2 Å². The van der Waals surface area contributed by atoms with Crippen molar-refractivity contribution >= 4 is 10.8 Å². The van der Waals surface area contributed by atoms with Gasteiger partial charge in [0.05, 0.1) is 13.7 Å². The lowest BCUT2D eigenvalue weighted by Gasteiger charge is -2.15. The van der Waals surface area contributed by atoms with Gasteiger partial charge in [0.25, 0.3) is 0 Å². The molecule has 26 heavy (non-hydrogen) atoms. The average Bonchev–Trinajstić information content (AvgIpc) is 2.71. The molecular formula is C20H18N2O4. The first-order chi connectivity index (χ1) is 12.7. The lowest BCUT2D eigenvalue weighted by Crippen LogP contribution is -2.21. The molecule has 0 fully saturated rings. The van der Waals surface area contributed by atoms with Crippen LogP contribution in [-0.4, -0.2) is 41.6 Å². The molecule has 132 valence electrons. The van der Waals surface area contributed by atoms with Crippen molar-refractivity contribution in [3.63, 3.8) is 0 Å². The summed E-state index contributed by atoms with van der Waals surface area (Å²) in [7, 11) is 1.57. The smallest absolute Gasteiger partial charge is 0.222 e. The molecule has 1 unspecified atom stereocenters. The van der Waals surface area contributed by atoms with Crippen LogP contribution in [0.15, 0.2) is 48.5 Å². The number of nitriles is 1. The van der Waals surface area contributed by atoms with Crippen LogP contribution in [0.25, 0.3) is 21.9 Å². The standard InChI is InChI=1S/C20H18N2O4/c1-25-15-7-8-16-17(9-15)19(13-5-3-2-4-6-13)18(10-21)22-20(16)26-12-14(24)11-23/h2-9,14,23-24H,11-12H2,1H3.